The number of carbonyl (C=O) groups is 2. The summed E-state index contributed by atoms with van der Waals surface area (Å²) in [5.74, 6) is -0.515. The maximum absolute atomic E-state index is 13.2. The summed E-state index contributed by atoms with van der Waals surface area (Å²) in [6.07, 6.45) is 0.914. The number of amides is 3. The van der Waals surface area contributed by atoms with Crippen LogP contribution < -0.4 is 10.4 Å². The first kappa shape index (κ1) is 20.4. The Kier molecular flexibility index (Phi) is 5.74. The molecular formula is C23H28N4O3. The molecule has 2 aliphatic heterocycles. The zero-order valence-corrected chi connectivity index (χ0v) is 17.4. The maximum atomic E-state index is 13.2. The number of carbonyl (C=O) groups excluding carboxylic acids is 2. The highest BCUT2D eigenvalue weighted by molar-refractivity contribution is 5.94. The molecule has 158 valence electrons. The van der Waals surface area contributed by atoms with Gasteiger partial charge in [0.05, 0.1) is 0 Å². The van der Waals surface area contributed by atoms with Crippen LogP contribution in [0.1, 0.15) is 35.3 Å². The first-order valence-electron chi connectivity index (χ1n) is 10.4. The highest BCUT2D eigenvalue weighted by Gasteiger charge is 2.35. The first-order chi connectivity index (χ1) is 14.5. The largest absolute Gasteiger partial charge is 0.324 e. The predicted octanol–water partition coefficient (Wildman–Crippen LogP) is 2.88. The Balaban J connectivity index is 1.41. The van der Waals surface area contributed by atoms with Gasteiger partial charge in [-0.1, -0.05) is 30.3 Å². The van der Waals surface area contributed by atoms with Crippen molar-refractivity contribution in [3.05, 3.63) is 65.2 Å². The number of para-hydroxylation sites is 1. The van der Waals surface area contributed by atoms with Gasteiger partial charge in [-0.25, -0.2) is 10.3 Å². The average molecular weight is 409 g/mol. The van der Waals surface area contributed by atoms with E-state index in [1.165, 1.54) is 5.56 Å². The number of hydroxylamine groups is 1. The van der Waals surface area contributed by atoms with Crippen LogP contribution in [0.15, 0.2) is 48.5 Å². The molecule has 7 heteroatoms. The fourth-order valence-corrected chi connectivity index (χ4v) is 4.57. The molecule has 4 rings (SSSR count). The first-order valence-corrected chi connectivity index (χ1v) is 10.4. The van der Waals surface area contributed by atoms with E-state index in [4.69, 9.17) is 5.21 Å². The molecule has 0 aromatic heterocycles. The highest BCUT2D eigenvalue weighted by atomic mass is 16.5. The number of hydrogen-bond acceptors (Lipinski definition) is 4. The maximum Gasteiger partial charge on any atom is 0.324 e. The fourth-order valence-electron chi connectivity index (χ4n) is 4.57. The van der Waals surface area contributed by atoms with Crippen LogP contribution in [-0.4, -0.2) is 58.7 Å². The smallest absolute Gasteiger partial charge is 0.321 e. The normalized spacial score (nSPS) is 21.4. The number of hydrogen-bond donors (Lipinski definition) is 2. The van der Waals surface area contributed by atoms with E-state index in [1.807, 2.05) is 40.1 Å². The van der Waals surface area contributed by atoms with Gasteiger partial charge >= 0.3 is 6.03 Å². The number of nitrogens with zero attached hydrogens (tertiary/aromatic N) is 3. The standard InChI is InChI=1S/C23H28N4O3/c1-16-13-25(23(29)26-12-11-19-5-3-4-6-21(19)26)14-17(2)27(16)15-18-7-9-20(10-8-18)22(28)24-30/h3-10,16-17,30H,11-15H2,1-2H3,(H,24,28)/t16-,17?/m0/s1. The molecule has 2 aromatic rings. The SMILES string of the molecule is CC1CN(C(=O)N2CCc3ccccc32)C[C@H](C)N1Cc1ccc(C(=O)NO)cc1. The van der Waals surface area contributed by atoms with Crippen LogP contribution >= 0.6 is 0 Å². The number of piperazine rings is 1. The number of urea groups is 1. The lowest BCUT2D eigenvalue weighted by Crippen LogP contribution is -2.59. The molecule has 0 saturated carbocycles. The van der Waals surface area contributed by atoms with Gasteiger partial charge in [-0.2, -0.15) is 0 Å². The van der Waals surface area contributed by atoms with E-state index in [1.54, 1.807) is 17.6 Å². The summed E-state index contributed by atoms with van der Waals surface area (Å²) >= 11 is 0. The van der Waals surface area contributed by atoms with Crippen LogP contribution in [0.5, 0.6) is 0 Å². The number of rotatable bonds is 3. The minimum absolute atomic E-state index is 0.0951. The summed E-state index contributed by atoms with van der Waals surface area (Å²) in [5.41, 5.74) is 5.44. The third-order valence-corrected chi connectivity index (χ3v) is 6.17. The second-order valence-corrected chi connectivity index (χ2v) is 8.23. The summed E-state index contributed by atoms with van der Waals surface area (Å²) in [6, 6.07) is 15.9. The van der Waals surface area contributed by atoms with Crippen molar-refractivity contribution in [3.63, 3.8) is 0 Å². The summed E-state index contributed by atoms with van der Waals surface area (Å²) in [5, 5.41) is 8.75. The lowest BCUT2D eigenvalue weighted by Gasteiger charge is -2.45. The Morgan fingerprint density at radius 1 is 1.03 bits per heavy atom. The zero-order chi connectivity index (χ0) is 21.3. The van der Waals surface area contributed by atoms with Crippen LogP contribution in [0.4, 0.5) is 10.5 Å². The van der Waals surface area contributed by atoms with Crippen molar-refractivity contribution in [2.45, 2.75) is 38.9 Å². The molecule has 0 bridgehead atoms. The van der Waals surface area contributed by atoms with Crippen molar-refractivity contribution in [2.24, 2.45) is 0 Å². The van der Waals surface area contributed by atoms with E-state index >= 15 is 0 Å². The fraction of sp³-hybridized carbons (Fsp3) is 0.391. The number of anilines is 1. The third kappa shape index (κ3) is 3.91. The molecule has 3 amide bonds. The summed E-state index contributed by atoms with van der Waals surface area (Å²) < 4.78 is 0. The number of benzene rings is 2. The second-order valence-electron chi connectivity index (χ2n) is 8.23. The van der Waals surface area contributed by atoms with Crippen molar-refractivity contribution in [1.82, 2.24) is 15.3 Å². The molecule has 2 N–H and O–H groups in total. The molecule has 2 aliphatic rings. The predicted molar refractivity (Wildman–Crippen MR) is 115 cm³/mol. The van der Waals surface area contributed by atoms with Gasteiger partial charge in [0, 0.05) is 49.5 Å². The van der Waals surface area contributed by atoms with Crippen molar-refractivity contribution in [1.29, 1.82) is 0 Å². The molecule has 7 nitrogen and oxygen atoms in total. The molecular weight excluding hydrogens is 380 g/mol. The van der Waals surface area contributed by atoms with Gasteiger partial charge in [0.1, 0.15) is 0 Å². The van der Waals surface area contributed by atoms with Gasteiger partial charge in [-0.05, 0) is 49.6 Å². The molecule has 30 heavy (non-hydrogen) atoms. The van der Waals surface area contributed by atoms with Crippen molar-refractivity contribution < 1.29 is 14.8 Å². The molecule has 0 aliphatic carbocycles. The Labute approximate surface area is 176 Å². The van der Waals surface area contributed by atoms with Gasteiger partial charge in [0.15, 0.2) is 0 Å². The molecule has 2 aromatic carbocycles. The van der Waals surface area contributed by atoms with E-state index in [2.05, 4.69) is 24.8 Å². The quantitative estimate of drug-likeness (QED) is 0.605. The van der Waals surface area contributed by atoms with E-state index in [-0.39, 0.29) is 18.1 Å². The van der Waals surface area contributed by atoms with Crippen LogP contribution in [0.2, 0.25) is 0 Å². The average Bonchev–Trinajstić information content (AvgIpc) is 3.19. The van der Waals surface area contributed by atoms with Crippen molar-refractivity contribution in [3.8, 4) is 0 Å². The monoisotopic (exact) mass is 408 g/mol. The minimum atomic E-state index is -0.515. The lowest BCUT2D eigenvalue weighted by atomic mass is 10.1. The number of fused-ring (bicyclic) bond motifs is 1. The van der Waals surface area contributed by atoms with Crippen LogP contribution in [0.25, 0.3) is 0 Å². The van der Waals surface area contributed by atoms with Gasteiger partial charge in [0.25, 0.3) is 5.91 Å². The van der Waals surface area contributed by atoms with E-state index in [9.17, 15) is 9.59 Å². The van der Waals surface area contributed by atoms with Gasteiger partial charge < -0.3 is 4.90 Å². The van der Waals surface area contributed by atoms with Crippen LogP contribution in [0.3, 0.4) is 0 Å². The molecule has 1 saturated heterocycles. The summed E-state index contributed by atoms with van der Waals surface area (Å²) in [6.45, 7) is 7.18. The van der Waals surface area contributed by atoms with Gasteiger partial charge in [-0.3, -0.25) is 19.8 Å². The molecule has 0 radical (unpaired) electrons. The van der Waals surface area contributed by atoms with E-state index in [0.29, 0.717) is 18.7 Å². The molecule has 0 spiro atoms. The second kappa shape index (κ2) is 8.45. The number of nitrogens with one attached hydrogen (secondary N) is 1. The molecule has 2 atom stereocenters. The summed E-state index contributed by atoms with van der Waals surface area (Å²) in [7, 11) is 0. The van der Waals surface area contributed by atoms with Crippen LogP contribution in [0, 0.1) is 0 Å². The molecule has 2 heterocycles. The van der Waals surface area contributed by atoms with Crippen molar-refractivity contribution in [2.75, 3.05) is 24.5 Å². The Hall–Kier alpha value is -2.90. The third-order valence-electron chi connectivity index (χ3n) is 6.17. The van der Waals surface area contributed by atoms with Crippen molar-refractivity contribution >= 4 is 17.6 Å². The Morgan fingerprint density at radius 3 is 2.37 bits per heavy atom. The Bertz CT molecular complexity index is 918. The zero-order valence-electron chi connectivity index (χ0n) is 17.4. The van der Waals surface area contributed by atoms with Gasteiger partial charge in [-0.15, -0.1) is 0 Å². The van der Waals surface area contributed by atoms with Crippen LogP contribution in [-0.2, 0) is 13.0 Å². The molecule has 1 unspecified atom stereocenters. The van der Waals surface area contributed by atoms with E-state index in [0.717, 1.165) is 30.8 Å². The van der Waals surface area contributed by atoms with Gasteiger partial charge in [0.2, 0.25) is 0 Å². The Morgan fingerprint density at radius 2 is 1.70 bits per heavy atom. The molecule has 1 fully saturated rings. The lowest BCUT2D eigenvalue weighted by molar-refractivity contribution is 0.0510. The van der Waals surface area contributed by atoms with E-state index < -0.39 is 5.91 Å². The minimum Gasteiger partial charge on any atom is -0.321 e. The highest BCUT2D eigenvalue weighted by Crippen LogP contribution is 2.29. The topological polar surface area (TPSA) is 76.1 Å². The summed E-state index contributed by atoms with van der Waals surface area (Å²) in [4.78, 5) is 31.0.